The van der Waals surface area contributed by atoms with E-state index >= 15 is 0 Å². The summed E-state index contributed by atoms with van der Waals surface area (Å²) in [5.41, 5.74) is 3.07. The highest BCUT2D eigenvalue weighted by Crippen LogP contribution is 2.43. The first-order valence-corrected chi connectivity index (χ1v) is 20.2. The Bertz CT molecular complexity index is 2410. The lowest BCUT2D eigenvalue weighted by Gasteiger charge is -2.39. The van der Waals surface area contributed by atoms with E-state index in [9.17, 15) is 28.8 Å². The van der Waals surface area contributed by atoms with Crippen molar-refractivity contribution in [1.29, 1.82) is 0 Å². The molecule has 6 heterocycles. The first kappa shape index (κ1) is 40.6. The SMILES string of the molecule is COc1cc(-c2cn(C)c(=O)c3cnccc23)cc(OC)c1CN1CCC2(CCN(C(=O)CCOCCOc3ccc4c(c3)C(=O)N(C3CCC(=O)NC3=O)C4=O)CC2)C1. The van der Waals surface area contributed by atoms with E-state index in [4.69, 9.17) is 18.9 Å². The number of rotatable bonds is 13. The third kappa shape index (κ3) is 7.84. The summed E-state index contributed by atoms with van der Waals surface area (Å²) in [6.45, 7) is 4.52. The Labute approximate surface area is 346 Å². The zero-order valence-corrected chi connectivity index (χ0v) is 34.0. The van der Waals surface area contributed by atoms with Crippen LogP contribution >= 0.6 is 0 Å². The number of carbonyl (C=O) groups is 5. The summed E-state index contributed by atoms with van der Waals surface area (Å²) in [4.78, 5) is 85.3. The van der Waals surface area contributed by atoms with Gasteiger partial charge in [-0.2, -0.15) is 0 Å². The Morgan fingerprint density at radius 3 is 2.33 bits per heavy atom. The molecule has 0 radical (unpaired) electrons. The Morgan fingerprint density at radius 2 is 1.60 bits per heavy atom. The molecule has 16 heteroatoms. The van der Waals surface area contributed by atoms with Crippen LogP contribution in [0.15, 0.2) is 59.8 Å². The quantitative estimate of drug-likeness (QED) is 0.154. The Balaban J connectivity index is 0.788. The van der Waals surface area contributed by atoms with Crippen molar-refractivity contribution in [2.45, 2.75) is 51.1 Å². The van der Waals surface area contributed by atoms with Gasteiger partial charge in [0.15, 0.2) is 0 Å². The van der Waals surface area contributed by atoms with E-state index < -0.39 is 29.7 Å². The predicted molar refractivity (Wildman–Crippen MR) is 218 cm³/mol. The van der Waals surface area contributed by atoms with Gasteiger partial charge in [0, 0.05) is 63.8 Å². The predicted octanol–water partition coefficient (Wildman–Crippen LogP) is 3.32. The summed E-state index contributed by atoms with van der Waals surface area (Å²) < 4.78 is 24.9. The lowest BCUT2D eigenvalue weighted by atomic mass is 9.77. The fourth-order valence-electron chi connectivity index (χ4n) is 9.04. The normalized spacial score (nSPS) is 18.9. The van der Waals surface area contributed by atoms with E-state index in [1.54, 1.807) is 44.3 Å². The highest BCUT2D eigenvalue weighted by molar-refractivity contribution is 6.23. The number of nitrogens with zero attached hydrogens (tertiary/aromatic N) is 5. The molecule has 3 saturated heterocycles. The van der Waals surface area contributed by atoms with Gasteiger partial charge < -0.3 is 28.4 Å². The van der Waals surface area contributed by atoms with Gasteiger partial charge in [-0.05, 0) is 85.0 Å². The van der Waals surface area contributed by atoms with Crippen LogP contribution in [-0.4, -0.2) is 120 Å². The fraction of sp³-hybridized carbons (Fsp3) is 0.432. The monoisotopic (exact) mass is 820 g/mol. The number of aromatic nitrogens is 2. The molecule has 1 N–H and O–H groups in total. The van der Waals surface area contributed by atoms with E-state index in [2.05, 4.69) is 15.2 Å². The van der Waals surface area contributed by atoms with Crippen LogP contribution in [0.4, 0.5) is 0 Å². The molecule has 1 spiro atoms. The molecular weight excluding hydrogens is 773 g/mol. The molecule has 314 valence electrons. The smallest absolute Gasteiger partial charge is 0.262 e. The van der Waals surface area contributed by atoms with E-state index in [0.717, 1.165) is 59.3 Å². The number of likely N-dealkylation sites (tertiary alicyclic amines) is 2. The van der Waals surface area contributed by atoms with Gasteiger partial charge in [-0.25, -0.2) is 0 Å². The summed E-state index contributed by atoms with van der Waals surface area (Å²) in [6.07, 6.45) is 8.40. The number of carbonyl (C=O) groups excluding carboxylic acids is 5. The van der Waals surface area contributed by atoms with Gasteiger partial charge in [0.1, 0.15) is 29.9 Å². The van der Waals surface area contributed by atoms with Crippen LogP contribution in [0.5, 0.6) is 17.2 Å². The topological polar surface area (TPSA) is 179 Å². The summed E-state index contributed by atoms with van der Waals surface area (Å²) in [5, 5.41) is 3.55. The molecule has 16 nitrogen and oxygen atoms in total. The van der Waals surface area contributed by atoms with Gasteiger partial charge in [0.05, 0.1) is 55.9 Å². The maximum Gasteiger partial charge on any atom is 0.262 e. The number of hydrogen-bond donors (Lipinski definition) is 1. The maximum absolute atomic E-state index is 13.1. The molecular formula is C44H48N6O10. The highest BCUT2D eigenvalue weighted by atomic mass is 16.5. The standard InChI is InChI=1S/C44H48N6O10/c1-47-24-33(29-8-13-45-23-32(29)41(47)54)27-20-36(57-2)34(37(21-27)58-3)25-48-14-10-44(26-48)11-15-49(16-12-44)39(52)9-17-59-18-19-60-28-4-5-30-31(22-28)43(56)50(42(30)55)35-6-7-38(51)46-40(35)53/h4-5,8,13,20-24,35H,6-7,9-12,14-19,25-26H2,1-3H3,(H,46,51,53). The Kier molecular flexibility index (Phi) is 11.4. The molecule has 4 aliphatic heterocycles. The zero-order chi connectivity index (χ0) is 42.1. The number of piperidine rings is 2. The first-order chi connectivity index (χ1) is 29.0. The molecule has 0 aliphatic carbocycles. The third-order valence-corrected chi connectivity index (χ3v) is 12.3. The highest BCUT2D eigenvalue weighted by Gasteiger charge is 2.45. The van der Waals surface area contributed by atoms with E-state index in [0.29, 0.717) is 42.3 Å². The van der Waals surface area contributed by atoms with Crippen LogP contribution in [0, 0.1) is 5.41 Å². The molecule has 3 fully saturated rings. The van der Waals surface area contributed by atoms with Crippen molar-refractivity contribution in [3.8, 4) is 28.4 Å². The summed E-state index contributed by atoms with van der Waals surface area (Å²) in [5.74, 6) is -0.415. The van der Waals surface area contributed by atoms with Crippen molar-refractivity contribution in [2.75, 3.05) is 60.2 Å². The molecule has 8 rings (SSSR count). The van der Waals surface area contributed by atoms with Crippen molar-refractivity contribution in [3.05, 3.63) is 82.0 Å². The fourth-order valence-corrected chi connectivity index (χ4v) is 9.04. The number of benzene rings is 2. The second-order valence-electron chi connectivity index (χ2n) is 15.9. The lowest BCUT2D eigenvalue weighted by molar-refractivity contribution is -0.136. The van der Waals surface area contributed by atoms with Crippen LogP contribution in [0.1, 0.15) is 64.8 Å². The van der Waals surface area contributed by atoms with Crippen molar-refractivity contribution >= 4 is 40.3 Å². The van der Waals surface area contributed by atoms with Crippen molar-refractivity contribution in [3.63, 3.8) is 0 Å². The average Bonchev–Trinajstić information content (AvgIpc) is 3.76. The number of nitrogens with one attached hydrogen (secondary N) is 1. The van der Waals surface area contributed by atoms with Gasteiger partial charge in [-0.1, -0.05) is 0 Å². The second-order valence-corrected chi connectivity index (χ2v) is 15.9. The zero-order valence-electron chi connectivity index (χ0n) is 34.0. The van der Waals surface area contributed by atoms with Crippen molar-refractivity contribution in [2.24, 2.45) is 12.5 Å². The number of ether oxygens (including phenoxy) is 4. The maximum atomic E-state index is 13.1. The largest absolute Gasteiger partial charge is 0.496 e. The minimum atomic E-state index is -1.03. The minimum absolute atomic E-state index is 0.0486. The van der Waals surface area contributed by atoms with Crippen LogP contribution in [0.3, 0.4) is 0 Å². The van der Waals surface area contributed by atoms with Gasteiger partial charge in [-0.3, -0.25) is 48.9 Å². The first-order valence-electron chi connectivity index (χ1n) is 20.2. The second kappa shape index (κ2) is 16.9. The summed E-state index contributed by atoms with van der Waals surface area (Å²) in [6, 6.07) is 9.38. The molecule has 1 unspecified atom stereocenters. The van der Waals surface area contributed by atoms with E-state index in [1.807, 2.05) is 29.3 Å². The number of pyridine rings is 2. The van der Waals surface area contributed by atoms with E-state index in [1.165, 1.54) is 12.1 Å². The molecule has 2 aromatic carbocycles. The van der Waals surface area contributed by atoms with Crippen LogP contribution < -0.4 is 25.1 Å². The number of imide groups is 2. The number of amides is 5. The molecule has 60 heavy (non-hydrogen) atoms. The van der Waals surface area contributed by atoms with Crippen LogP contribution in [0.2, 0.25) is 0 Å². The molecule has 0 bridgehead atoms. The number of fused-ring (bicyclic) bond motifs is 2. The number of hydrogen-bond acceptors (Lipinski definition) is 12. The molecule has 4 aliphatic rings. The summed E-state index contributed by atoms with van der Waals surface area (Å²) >= 11 is 0. The number of methoxy groups -OCH3 is 2. The van der Waals surface area contributed by atoms with Gasteiger partial charge in [0.25, 0.3) is 17.4 Å². The van der Waals surface area contributed by atoms with E-state index in [-0.39, 0.29) is 67.1 Å². The molecule has 4 aromatic rings. The van der Waals surface area contributed by atoms with Gasteiger partial charge in [-0.15, -0.1) is 0 Å². The molecule has 1 atom stereocenters. The molecule has 0 saturated carbocycles. The molecule has 2 aromatic heterocycles. The Hall–Kier alpha value is -6.13. The lowest BCUT2D eigenvalue weighted by Crippen LogP contribution is -2.54. The van der Waals surface area contributed by atoms with Crippen molar-refractivity contribution in [1.82, 2.24) is 29.6 Å². The average molecular weight is 821 g/mol. The summed E-state index contributed by atoms with van der Waals surface area (Å²) in [7, 11) is 5.06. The minimum Gasteiger partial charge on any atom is -0.496 e. The third-order valence-electron chi connectivity index (χ3n) is 12.3. The van der Waals surface area contributed by atoms with Gasteiger partial charge >= 0.3 is 0 Å². The van der Waals surface area contributed by atoms with Crippen LogP contribution in [0.25, 0.3) is 21.9 Å². The van der Waals surface area contributed by atoms with Crippen molar-refractivity contribution < 1.29 is 42.9 Å². The van der Waals surface area contributed by atoms with Gasteiger partial charge in [0.2, 0.25) is 17.7 Å². The molecule has 5 amide bonds. The Morgan fingerprint density at radius 1 is 0.867 bits per heavy atom. The van der Waals surface area contributed by atoms with Crippen LogP contribution in [-0.2, 0) is 32.7 Å². The number of aryl methyl sites for hydroxylation is 1.